The zero-order chi connectivity index (χ0) is 21.7. The van der Waals surface area contributed by atoms with Gasteiger partial charge in [0.2, 0.25) is 0 Å². The molecule has 2 heterocycles. The minimum absolute atomic E-state index is 0.351. The molecule has 0 saturated carbocycles. The standard InChI is InChI=1S/C26H17N3O3/c27-26(30)29-28-25(23-13-19-17-7-3-1-5-15(17)9-11-21(19)31-23)24-14-20-18-8-4-2-6-16(18)10-12-22(20)32-24/h1-14H,(H3,27,29,30). The number of nitrogens with one attached hydrogen (secondary N) is 1. The maximum atomic E-state index is 11.4. The highest BCUT2D eigenvalue weighted by Gasteiger charge is 2.20. The highest BCUT2D eigenvalue weighted by atomic mass is 16.4. The maximum absolute atomic E-state index is 11.4. The quantitative estimate of drug-likeness (QED) is 0.276. The predicted octanol–water partition coefficient (Wildman–Crippen LogP) is 5.91. The minimum atomic E-state index is -0.773. The summed E-state index contributed by atoms with van der Waals surface area (Å²) < 4.78 is 12.3. The van der Waals surface area contributed by atoms with Crippen LogP contribution in [0.5, 0.6) is 0 Å². The SMILES string of the molecule is NC(=O)NN=C(c1cc2c(ccc3ccccc32)o1)c1cc2c(ccc3ccccc32)o1. The van der Waals surface area contributed by atoms with E-state index in [0.29, 0.717) is 28.4 Å². The molecule has 154 valence electrons. The monoisotopic (exact) mass is 419 g/mol. The Bertz CT molecular complexity index is 1580. The van der Waals surface area contributed by atoms with Crippen molar-refractivity contribution >= 4 is 55.2 Å². The van der Waals surface area contributed by atoms with Crippen molar-refractivity contribution in [1.82, 2.24) is 5.43 Å². The molecule has 0 unspecified atom stereocenters. The molecule has 0 aliphatic heterocycles. The summed E-state index contributed by atoms with van der Waals surface area (Å²) in [7, 11) is 0. The molecule has 6 nitrogen and oxygen atoms in total. The van der Waals surface area contributed by atoms with Gasteiger partial charge < -0.3 is 14.6 Å². The number of carbonyl (C=O) groups excluding carboxylic acids is 1. The van der Waals surface area contributed by atoms with E-state index in [1.807, 2.05) is 72.8 Å². The smallest absolute Gasteiger partial charge is 0.332 e. The Morgan fingerprint density at radius 2 is 1.19 bits per heavy atom. The van der Waals surface area contributed by atoms with Gasteiger partial charge in [0, 0.05) is 10.8 Å². The lowest BCUT2D eigenvalue weighted by Gasteiger charge is -2.00. The van der Waals surface area contributed by atoms with Gasteiger partial charge in [-0.05, 0) is 45.8 Å². The zero-order valence-corrected chi connectivity index (χ0v) is 16.8. The fourth-order valence-corrected chi connectivity index (χ4v) is 4.16. The molecular formula is C26H17N3O3. The Morgan fingerprint density at radius 1 is 0.688 bits per heavy atom. The number of benzene rings is 4. The maximum Gasteiger partial charge on any atom is 0.332 e. The topological polar surface area (TPSA) is 93.8 Å². The fraction of sp³-hybridized carbons (Fsp3) is 0. The van der Waals surface area contributed by atoms with Crippen molar-refractivity contribution in [2.45, 2.75) is 0 Å². The third-order valence-corrected chi connectivity index (χ3v) is 5.60. The fourth-order valence-electron chi connectivity index (χ4n) is 4.16. The second kappa shape index (κ2) is 6.99. The van der Waals surface area contributed by atoms with Crippen molar-refractivity contribution in [3.8, 4) is 0 Å². The number of carbonyl (C=O) groups is 1. The van der Waals surface area contributed by atoms with Crippen molar-refractivity contribution in [3.05, 3.63) is 96.4 Å². The first-order valence-corrected chi connectivity index (χ1v) is 10.1. The molecular weight excluding hydrogens is 402 g/mol. The highest BCUT2D eigenvalue weighted by molar-refractivity contribution is 6.17. The van der Waals surface area contributed by atoms with Gasteiger partial charge in [-0.15, -0.1) is 0 Å². The van der Waals surface area contributed by atoms with Crippen LogP contribution in [0.4, 0.5) is 4.79 Å². The molecule has 4 aromatic carbocycles. The van der Waals surface area contributed by atoms with Gasteiger partial charge in [-0.3, -0.25) is 0 Å². The van der Waals surface area contributed by atoms with Crippen LogP contribution >= 0.6 is 0 Å². The molecule has 0 fully saturated rings. The number of urea groups is 1. The van der Waals surface area contributed by atoms with Crippen LogP contribution in [0, 0.1) is 0 Å². The van der Waals surface area contributed by atoms with E-state index in [4.69, 9.17) is 14.6 Å². The largest absolute Gasteiger partial charge is 0.454 e. The van der Waals surface area contributed by atoms with Crippen LogP contribution in [-0.4, -0.2) is 11.7 Å². The number of furan rings is 2. The molecule has 0 atom stereocenters. The summed E-state index contributed by atoms with van der Waals surface area (Å²) in [4.78, 5) is 11.4. The Morgan fingerprint density at radius 3 is 1.69 bits per heavy atom. The molecule has 2 aromatic heterocycles. The van der Waals surface area contributed by atoms with E-state index in [0.717, 1.165) is 32.3 Å². The second-order valence-electron chi connectivity index (χ2n) is 7.55. The number of hydrogen-bond donors (Lipinski definition) is 2. The number of nitrogens with two attached hydrogens (primary N) is 1. The van der Waals surface area contributed by atoms with E-state index < -0.39 is 6.03 Å². The molecule has 0 spiro atoms. The number of hydrogen-bond acceptors (Lipinski definition) is 4. The molecule has 6 rings (SSSR count). The number of amides is 2. The van der Waals surface area contributed by atoms with Crippen LogP contribution in [0.25, 0.3) is 43.5 Å². The third kappa shape index (κ3) is 2.89. The highest BCUT2D eigenvalue weighted by Crippen LogP contribution is 2.32. The van der Waals surface area contributed by atoms with E-state index in [-0.39, 0.29) is 0 Å². The molecule has 2 amide bonds. The van der Waals surface area contributed by atoms with E-state index in [2.05, 4.69) is 22.7 Å². The number of hydrazone groups is 1. The van der Waals surface area contributed by atoms with E-state index in [1.54, 1.807) is 0 Å². The minimum Gasteiger partial charge on any atom is -0.454 e. The van der Waals surface area contributed by atoms with Crippen LogP contribution in [0.2, 0.25) is 0 Å². The Balaban J connectivity index is 1.57. The lowest BCUT2D eigenvalue weighted by atomic mass is 10.1. The Kier molecular flexibility index (Phi) is 3.98. The van der Waals surface area contributed by atoms with Gasteiger partial charge in [0.15, 0.2) is 17.2 Å². The van der Waals surface area contributed by atoms with Gasteiger partial charge in [-0.2, -0.15) is 5.10 Å². The lowest BCUT2D eigenvalue weighted by Crippen LogP contribution is -2.26. The number of nitrogens with zero attached hydrogens (tertiary/aromatic N) is 1. The molecule has 0 aliphatic rings. The van der Waals surface area contributed by atoms with Crippen molar-refractivity contribution in [1.29, 1.82) is 0 Å². The van der Waals surface area contributed by atoms with Gasteiger partial charge in [-0.25, -0.2) is 10.2 Å². The van der Waals surface area contributed by atoms with Crippen LogP contribution < -0.4 is 11.2 Å². The van der Waals surface area contributed by atoms with Gasteiger partial charge in [-0.1, -0.05) is 60.7 Å². The lowest BCUT2D eigenvalue weighted by molar-refractivity contribution is 0.249. The van der Waals surface area contributed by atoms with Crippen molar-refractivity contribution in [2.75, 3.05) is 0 Å². The first-order chi connectivity index (χ1) is 15.7. The third-order valence-electron chi connectivity index (χ3n) is 5.60. The molecule has 32 heavy (non-hydrogen) atoms. The summed E-state index contributed by atoms with van der Waals surface area (Å²) in [6.45, 7) is 0. The molecule has 3 N–H and O–H groups in total. The molecule has 0 radical (unpaired) electrons. The molecule has 0 aliphatic carbocycles. The van der Waals surface area contributed by atoms with Crippen LogP contribution in [0.3, 0.4) is 0 Å². The Hall–Kier alpha value is -4.58. The van der Waals surface area contributed by atoms with Gasteiger partial charge in [0.1, 0.15) is 11.2 Å². The van der Waals surface area contributed by atoms with Gasteiger partial charge in [0.05, 0.1) is 0 Å². The Labute approximate surface area is 181 Å². The molecule has 0 saturated heterocycles. The van der Waals surface area contributed by atoms with Crippen LogP contribution in [0.1, 0.15) is 11.5 Å². The number of primary amides is 1. The summed E-state index contributed by atoms with van der Waals surface area (Å²) in [6, 6.07) is 27.1. The first kappa shape index (κ1) is 18.2. The zero-order valence-electron chi connectivity index (χ0n) is 16.8. The van der Waals surface area contributed by atoms with Crippen molar-refractivity contribution in [3.63, 3.8) is 0 Å². The van der Waals surface area contributed by atoms with Crippen molar-refractivity contribution < 1.29 is 13.6 Å². The predicted molar refractivity (Wildman–Crippen MR) is 126 cm³/mol. The van der Waals surface area contributed by atoms with Crippen molar-refractivity contribution in [2.24, 2.45) is 10.8 Å². The average Bonchev–Trinajstić information content (AvgIpc) is 3.44. The second-order valence-corrected chi connectivity index (χ2v) is 7.55. The van der Waals surface area contributed by atoms with Gasteiger partial charge >= 0.3 is 6.03 Å². The summed E-state index contributed by atoms with van der Waals surface area (Å²) in [5.74, 6) is 0.932. The van der Waals surface area contributed by atoms with E-state index in [1.165, 1.54) is 0 Å². The van der Waals surface area contributed by atoms with Crippen LogP contribution in [-0.2, 0) is 0 Å². The number of rotatable bonds is 3. The summed E-state index contributed by atoms with van der Waals surface area (Å²) >= 11 is 0. The molecule has 0 bridgehead atoms. The van der Waals surface area contributed by atoms with Gasteiger partial charge in [0.25, 0.3) is 0 Å². The average molecular weight is 419 g/mol. The summed E-state index contributed by atoms with van der Waals surface area (Å²) in [5.41, 5.74) is 9.37. The number of fused-ring (bicyclic) bond motifs is 6. The molecule has 6 aromatic rings. The van der Waals surface area contributed by atoms with E-state index >= 15 is 0 Å². The summed E-state index contributed by atoms with van der Waals surface area (Å²) in [5, 5.41) is 10.5. The summed E-state index contributed by atoms with van der Waals surface area (Å²) in [6.07, 6.45) is 0. The van der Waals surface area contributed by atoms with E-state index in [9.17, 15) is 4.79 Å². The molecule has 6 heteroatoms. The normalized spacial score (nSPS) is 11.4. The first-order valence-electron chi connectivity index (χ1n) is 10.1. The van der Waals surface area contributed by atoms with Crippen LogP contribution in [0.15, 0.2) is 98.9 Å².